The zero-order valence-electron chi connectivity index (χ0n) is 13.1. The van der Waals surface area contributed by atoms with Crippen molar-refractivity contribution in [3.05, 3.63) is 69.0 Å². The van der Waals surface area contributed by atoms with Crippen molar-refractivity contribution < 1.29 is 9.59 Å². The van der Waals surface area contributed by atoms with Crippen LogP contribution in [0.1, 0.15) is 20.8 Å². The average molecular weight is 357 g/mol. The van der Waals surface area contributed by atoms with Crippen molar-refractivity contribution in [1.82, 2.24) is 9.78 Å². The monoisotopic (exact) mass is 356 g/mol. The van der Waals surface area contributed by atoms with Gasteiger partial charge in [-0.2, -0.15) is 5.10 Å². The number of nitrogens with one attached hydrogen (secondary N) is 1. The first kappa shape index (κ1) is 16.7. The number of halogens is 1. The minimum Gasteiger partial charge on any atom is -0.366 e. The lowest BCUT2D eigenvalue weighted by Gasteiger charge is -2.09. The molecule has 0 aliphatic heterocycles. The van der Waals surface area contributed by atoms with E-state index in [2.05, 4.69) is 10.4 Å². The van der Waals surface area contributed by atoms with Gasteiger partial charge in [0.05, 0.1) is 10.9 Å². The maximum Gasteiger partial charge on any atom is 0.280 e. The van der Waals surface area contributed by atoms with Crippen molar-refractivity contribution in [2.45, 2.75) is 0 Å². The van der Waals surface area contributed by atoms with Crippen LogP contribution in [-0.4, -0.2) is 21.6 Å². The first-order chi connectivity index (χ1) is 11.9. The van der Waals surface area contributed by atoms with Crippen LogP contribution in [0.5, 0.6) is 0 Å². The molecule has 0 aliphatic carbocycles. The molecule has 0 bridgehead atoms. The first-order valence-corrected chi connectivity index (χ1v) is 7.62. The Hall–Kier alpha value is -3.19. The van der Waals surface area contributed by atoms with Crippen LogP contribution in [0.25, 0.3) is 10.9 Å². The summed E-state index contributed by atoms with van der Waals surface area (Å²) in [6.07, 6.45) is 0. The number of aromatic nitrogens is 2. The van der Waals surface area contributed by atoms with E-state index >= 15 is 0 Å². The third-order valence-electron chi connectivity index (χ3n) is 3.64. The summed E-state index contributed by atoms with van der Waals surface area (Å²) >= 11 is 5.94. The molecule has 126 valence electrons. The molecular formula is C17H13ClN4O3. The molecule has 2 amide bonds. The molecule has 3 N–H and O–H groups in total. The second kappa shape index (κ2) is 6.37. The fourth-order valence-electron chi connectivity index (χ4n) is 2.44. The molecular weight excluding hydrogens is 344 g/mol. The zero-order valence-corrected chi connectivity index (χ0v) is 13.9. The third-order valence-corrected chi connectivity index (χ3v) is 3.87. The molecule has 2 aromatic carbocycles. The van der Waals surface area contributed by atoms with Gasteiger partial charge in [-0.15, -0.1) is 0 Å². The Bertz CT molecular complexity index is 1080. The number of carbonyl (C=O) groups excluding carboxylic acids is 2. The molecule has 0 radical (unpaired) electrons. The second-order valence-electron chi connectivity index (χ2n) is 5.36. The number of nitrogens with two attached hydrogens (primary N) is 1. The van der Waals surface area contributed by atoms with E-state index in [0.29, 0.717) is 21.6 Å². The van der Waals surface area contributed by atoms with Crippen molar-refractivity contribution in [3.63, 3.8) is 0 Å². The molecule has 7 nitrogen and oxygen atoms in total. The summed E-state index contributed by atoms with van der Waals surface area (Å²) < 4.78 is 1.43. The van der Waals surface area contributed by atoms with E-state index in [4.69, 9.17) is 17.3 Å². The number of anilines is 1. The number of fused-ring (bicyclic) bond motifs is 1. The lowest BCUT2D eigenvalue weighted by molar-refractivity contribution is 0.0995. The van der Waals surface area contributed by atoms with E-state index in [0.717, 1.165) is 0 Å². The van der Waals surface area contributed by atoms with Gasteiger partial charge in [0.15, 0.2) is 5.69 Å². The summed E-state index contributed by atoms with van der Waals surface area (Å²) in [6.45, 7) is 0. The van der Waals surface area contributed by atoms with E-state index < -0.39 is 17.2 Å². The summed E-state index contributed by atoms with van der Waals surface area (Å²) in [7, 11) is 1.63. The molecule has 3 aromatic rings. The minimum atomic E-state index is -0.691. The van der Waals surface area contributed by atoms with Gasteiger partial charge in [-0.25, -0.2) is 0 Å². The van der Waals surface area contributed by atoms with Gasteiger partial charge < -0.3 is 11.1 Å². The van der Waals surface area contributed by atoms with Gasteiger partial charge in [0.2, 0.25) is 11.3 Å². The first-order valence-electron chi connectivity index (χ1n) is 7.24. The van der Waals surface area contributed by atoms with Gasteiger partial charge in [-0.05, 0) is 36.4 Å². The maximum atomic E-state index is 12.6. The predicted molar refractivity (Wildman–Crippen MR) is 94.9 cm³/mol. The van der Waals surface area contributed by atoms with Crippen LogP contribution in [0, 0.1) is 0 Å². The maximum absolute atomic E-state index is 12.6. The highest BCUT2D eigenvalue weighted by Gasteiger charge is 2.17. The number of nitrogens with zero attached hydrogens (tertiary/aromatic N) is 2. The van der Waals surface area contributed by atoms with E-state index in [1.54, 1.807) is 31.3 Å². The minimum absolute atomic E-state index is 0.240. The Morgan fingerprint density at radius 1 is 1.20 bits per heavy atom. The summed E-state index contributed by atoms with van der Waals surface area (Å²) in [4.78, 5) is 36.2. The predicted octanol–water partition coefficient (Wildman–Crippen LogP) is 1.94. The van der Waals surface area contributed by atoms with Crippen LogP contribution in [0.15, 0.2) is 47.3 Å². The molecule has 1 heterocycles. The molecule has 25 heavy (non-hydrogen) atoms. The summed E-state index contributed by atoms with van der Waals surface area (Å²) in [5.74, 6) is -1.31. The van der Waals surface area contributed by atoms with E-state index in [1.165, 1.54) is 22.9 Å². The lowest BCUT2D eigenvalue weighted by Crippen LogP contribution is -2.26. The van der Waals surface area contributed by atoms with Crippen LogP contribution < -0.4 is 16.5 Å². The molecule has 0 unspecified atom stereocenters. The largest absolute Gasteiger partial charge is 0.366 e. The molecule has 8 heteroatoms. The zero-order chi connectivity index (χ0) is 18.1. The highest BCUT2D eigenvalue weighted by molar-refractivity contribution is 6.31. The Morgan fingerprint density at radius 2 is 1.96 bits per heavy atom. The highest BCUT2D eigenvalue weighted by Crippen LogP contribution is 2.16. The van der Waals surface area contributed by atoms with Crippen LogP contribution in [0.3, 0.4) is 0 Å². The number of rotatable bonds is 3. The Balaban J connectivity index is 2.03. The number of benzene rings is 2. The van der Waals surface area contributed by atoms with Crippen LogP contribution in [0.4, 0.5) is 5.69 Å². The second-order valence-corrected chi connectivity index (χ2v) is 5.80. The van der Waals surface area contributed by atoms with Gasteiger partial charge in [0.1, 0.15) is 0 Å². The van der Waals surface area contributed by atoms with Crippen LogP contribution in [-0.2, 0) is 7.05 Å². The van der Waals surface area contributed by atoms with E-state index in [1.807, 2.05) is 0 Å². The highest BCUT2D eigenvalue weighted by atomic mass is 35.5. The van der Waals surface area contributed by atoms with Crippen molar-refractivity contribution in [2.75, 3.05) is 5.32 Å². The van der Waals surface area contributed by atoms with E-state index in [-0.39, 0.29) is 11.3 Å². The molecule has 1 aromatic heterocycles. The van der Waals surface area contributed by atoms with Crippen molar-refractivity contribution in [3.8, 4) is 0 Å². The van der Waals surface area contributed by atoms with Gasteiger partial charge in [-0.3, -0.25) is 19.1 Å². The number of primary amides is 1. The SMILES string of the molecule is Cn1nc(C(=O)Nc2cccc(C(N)=O)c2)c(=O)c2cc(Cl)ccc21. The van der Waals surface area contributed by atoms with Crippen molar-refractivity contribution in [1.29, 1.82) is 0 Å². The fourth-order valence-corrected chi connectivity index (χ4v) is 2.61. The Kier molecular flexibility index (Phi) is 4.24. The number of hydrogen-bond acceptors (Lipinski definition) is 4. The van der Waals surface area contributed by atoms with Gasteiger partial charge in [0.25, 0.3) is 5.91 Å². The Morgan fingerprint density at radius 3 is 2.68 bits per heavy atom. The van der Waals surface area contributed by atoms with Crippen molar-refractivity contribution in [2.24, 2.45) is 12.8 Å². The fraction of sp³-hybridized carbons (Fsp3) is 0.0588. The van der Waals surface area contributed by atoms with Crippen LogP contribution >= 0.6 is 11.6 Å². The van der Waals surface area contributed by atoms with Gasteiger partial charge in [0, 0.05) is 23.3 Å². The molecule has 0 atom stereocenters. The Labute approximate surface area is 147 Å². The summed E-state index contributed by atoms with van der Waals surface area (Å²) in [5.41, 5.74) is 5.54. The molecule has 0 aliphatic rings. The normalized spacial score (nSPS) is 10.6. The van der Waals surface area contributed by atoms with Gasteiger partial charge in [-0.1, -0.05) is 17.7 Å². The van der Waals surface area contributed by atoms with Crippen LogP contribution in [0.2, 0.25) is 5.02 Å². The summed E-state index contributed by atoms with van der Waals surface area (Å²) in [6, 6.07) is 10.9. The van der Waals surface area contributed by atoms with Crippen molar-refractivity contribution >= 4 is 40.0 Å². The topological polar surface area (TPSA) is 107 Å². The number of amides is 2. The molecule has 0 fully saturated rings. The number of aryl methyl sites for hydroxylation is 1. The van der Waals surface area contributed by atoms with Gasteiger partial charge >= 0.3 is 0 Å². The smallest absolute Gasteiger partial charge is 0.280 e. The average Bonchev–Trinajstić information content (AvgIpc) is 2.58. The molecule has 3 rings (SSSR count). The molecule has 0 spiro atoms. The quantitative estimate of drug-likeness (QED) is 0.747. The number of hydrogen-bond donors (Lipinski definition) is 2. The third kappa shape index (κ3) is 3.22. The molecule has 0 saturated carbocycles. The number of carbonyl (C=O) groups is 2. The summed E-state index contributed by atoms with van der Waals surface area (Å²) in [5, 5.41) is 7.26. The standard InChI is InChI=1S/C17H13ClN4O3/c1-22-13-6-5-10(18)8-12(13)15(23)14(21-22)17(25)20-11-4-2-3-9(7-11)16(19)24/h2-8H,1H3,(H2,19,24)(H,20,25). The van der Waals surface area contributed by atoms with E-state index in [9.17, 15) is 14.4 Å². The molecule has 0 saturated heterocycles. The lowest BCUT2D eigenvalue weighted by atomic mass is 10.1.